The van der Waals surface area contributed by atoms with Crippen molar-refractivity contribution in [1.82, 2.24) is 10.6 Å². The van der Waals surface area contributed by atoms with Crippen molar-refractivity contribution in [3.8, 4) is 11.5 Å². The third kappa shape index (κ3) is 6.29. The number of carbonyl (C=O) groups excluding carboxylic acids is 2. The molecule has 0 radical (unpaired) electrons. The minimum Gasteiger partial charge on any atom is -0.493 e. The van der Waals surface area contributed by atoms with Gasteiger partial charge in [-0.1, -0.05) is 34.1 Å². The van der Waals surface area contributed by atoms with Crippen molar-refractivity contribution in [1.29, 1.82) is 0 Å². The molecule has 0 fully saturated rings. The summed E-state index contributed by atoms with van der Waals surface area (Å²) in [6.45, 7) is 0.777. The molecular weight excluding hydrogens is 412 g/mol. The number of ether oxygens (including phenoxy) is 2. The van der Waals surface area contributed by atoms with E-state index in [0.29, 0.717) is 36.6 Å². The second kappa shape index (κ2) is 10.6. The molecule has 0 atom stereocenters. The van der Waals surface area contributed by atoms with Crippen LogP contribution in [0.1, 0.15) is 22.3 Å². The molecule has 2 rings (SSSR count). The number of hydrogen-bond donors (Lipinski definition) is 2. The van der Waals surface area contributed by atoms with Gasteiger partial charge in [0.25, 0.3) is 5.91 Å². The Morgan fingerprint density at radius 2 is 1.63 bits per heavy atom. The van der Waals surface area contributed by atoms with Gasteiger partial charge in [0, 0.05) is 29.5 Å². The average molecular weight is 435 g/mol. The predicted molar refractivity (Wildman–Crippen MR) is 107 cm³/mol. The van der Waals surface area contributed by atoms with Gasteiger partial charge in [-0.2, -0.15) is 0 Å². The molecule has 27 heavy (non-hydrogen) atoms. The molecule has 2 N–H and O–H groups in total. The zero-order valence-electron chi connectivity index (χ0n) is 15.4. The highest BCUT2D eigenvalue weighted by atomic mass is 79.9. The van der Waals surface area contributed by atoms with Crippen LogP contribution in [0.2, 0.25) is 0 Å². The summed E-state index contributed by atoms with van der Waals surface area (Å²) < 4.78 is 11.4. The van der Waals surface area contributed by atoms with Crippen LogP contribution in [0.25, 0.3) is 0 Å². The SMILES string of the molecule is COc1cc(Br)c(CCNC(=O)CCNC(=O)c2ccccc2)cc1OC. The molecule has 0 unspecified atom stereocenters. The maximum absolute atomic E-state index is 11.9. The summed E-state index contributed by atoms with van der Waals surface area (Å²) in [5.41, 5.74) is 1.58. The van der Waals surface area contributed by atoms with Crippen molar-refractivity contribution in [3.05, 3.63) is 58.1 Å². The Morgan fingerprint density at radius 1 is 0.963 bits per heavy atom. The Hall–Kier alpha value is -2.54. The fraction of sp³-hybridized carbons (Fsp3) is 0.300. The lowest BCUT2D eigenvalue weighted by Crippen LogP contribution is -2.31. The van der Waals surface area contributed by atoms with Gasteiger partial charge < -0.3 is 20.1 Å². The molecular formula is C20H23BrN2O4. The lowest BCUT2D eigenvalue weighted by molar-refractivity contribution is -0.120. The van der Waals surface area contributed by atoms with Gasteiger partial charge in [-0.3, -0.25) is 9.59 Å². The molecule has 0 aliphatic heterocycles. The molecule has 0 heterocycles. The van der Waals surface area contributed by atoms with Crippen LogP contribution < -0.4 is 20.1 Å². The summed E-state index contributed by atoms with van der Waals surface area (Å²) in [5, 5.41) is 5.59. The summed E-state index contributed by atoms with van der Waals surface area (Å²) in [4.78, 5) is 23.8. The highest BCUT2D eigenvalue weighted by molar-refractivity contribution is 9.10. The summed E-state index contributed by atoms with van der Waals surface area (Å²) in [6, 6.07) is 12.6. The first-order valence-corrected chi connectivity index (χ1v) is 9.34. The van der Waals surface area contributed by atoms with Gasteiger partial charge in [-0.15, -0.1) is 0 Å². The minimum absolute atomic E-state index is 0.111. The van der Waals surface area contributed by atoms with Crippen molar-refractivity contribution < 1.29 is 19.1 Å². The van der Waals surface area contributed by atoms with Crippen LogP contribution in [0.3, 0.4) is 0 Å². The normalized spacial score (nSPS) is 10.2. The zero-order valence-corrected chi connectivity index (χ0v) is 17.0. The van der Waals surface area contributed by atoms with E-state index in [4.69, 9.17) is 9.47 Å². The van der Waals surface area contributed by atoms with Crippen molar-refractivity contribution in [2.45, 2.75) is 12.8 Å². The standard InChI is InChI=1S/C20H23BrN2O4/c1-26-17-12-15(16(21)13-18(17)27-2)8-10-22-19(24)9-11-23-20(25)14-6-4-3-5-7-14/h3-7,12-13H,8-11H2,1-2H3,(H,22,24)(H,23,25). The number of amides is 2. The molecule has 7 heteroatoms. The Balaban J connectivity index is 1.74. The number of nitrogens with one attached hydrogen (secondary N) is 2. The van der Waals surface area contributed by atoms with E-state index < -0.39 is 0 Å². The molecule has 2 aromatic carbocycles. The van der Waals surface area contributed by atoms with E-state index in [2.05, 4.69) is 26.6 Å². The molecule has 2 aromatic rings. The topological polar surface area (TPSA) is 76.7 Å². The summed E-state index contributed by atoms with van der Waals surface area (Å²) >= 11 is 3.50. The van der Waals surface area contributed by atoms with Crippen molar-refractivity contribution in [3.63, 3.8) is 0 Å². The fourth-order valence-corrected chi connectivity index (χ4v) is 3.01. The van der Waals surface area contributed by atoms with E-state index in [1.165, 1.54) is 0 Å². The lowest BCUT2D eigenvalue weighted by Gasteiger charge is -2.12. The van der Waals surface area contributed by atoms with E-state index in [-0.39, 0.29) is 18.2 Å². The largest absolute Gasteiger partial charge is 0.493 e. The van der Waals surface area contributed by atoms with Crippen LogP contribution in [0.15, 0.2) is 46.9 Å². The summed E-state index contributed by atoms with van der Waals surface area (Å²) in [6.07, 6.45) is 0.870. The first-order chi connectivity index (χ1) is 13.0. The van der Waals surface area contributed by atoms with Gasteiger partial charge in [0.2, 0.25) is 5.91 Å². The van der Waals surface area contributed by atoms with Crippen LogP contribution in [0, 0.1) is 0 Å². The molecule has 0 spiro atoms. The van der Waals surface area contributed by atoms with Gasteiger partial charge >= 0.3 is 0 Å². The van der Waals surface area contributed by atoms with Crippen molar-refractivity contribution >= 4 is 27.7 Å². The third-order valence-electron chi connectivity index (χ3n) is 3.94. The molecule has 2 amide bonds. The van der Waals surface area contributed by atoms with Crippen LogP contribution >= 0.6 is 15.9 Å². The van der Waals surface area contributed by atoms with E-state index in [9.17, 15) is 9.59 Å². The van der Waals surface area contributed by atoms with Crippen molar-refractivity contribution in [2.75, 3.05) is 27.3 Å². The highest BCUT2D eigenvalue weighted by Gasteiger charge is 2.10. The maximum atomic E-state index is 11.9. The third-order valence-corrected chi connectivity index (χ3v) is 4.68. The van der Waals surface area contributed by atoms with E-state index in [1.54, 1.807) is 38.5 Å². The molecule has 6 nitrogen and oxygen atoms in total. The van der Waals surface area contributed by atoms with Gasteiger partial charge in [0.15, 0.2) is 11.5 Å². The van der Waals surface area contributed by atoms with E-state index in [1.807, 2.05) is 18.2 Å². The monoisotopic (exact) mass is 434 g/mol. The number of rotatable bonds is 9. The molecule has 0 aliphatic carbocycles. The van der Waals surface area contributed by atoms with Crippen LogP contribution in [0.4, 0.5) is 0 Å². The second-order valence-corrected chi connectivity index (χ2v) is 6.62. The van der Waals surface area contributed by atoms with Crippen LogP contribution in [-0.4, -0.2) is 39.1 Å². The van der Waals surface area contributed by atoms with E-state index >= 15 is 0 Å². The smallest absolute Gasteiger partial charge is 0.251 e. The Labute approximate surface area is 167 Å². The number of hydrogen-bond acceptors (Lipinski definition) is 4. The molecule has 0 bridgehead atoms. The Morgan fingerprint density at radius 3 is 2.30 bits per heavy atom. The number of carbonyl (C=O) groups is 2. The minimum atomic E-state index is -0.183. The fourth-order valence-electron chi connectivity index (χ4n) is 2.49. The molecule has 0 saturated heterocycles. The zero-order chi connectivity index (χ0) is 19.6. The molecule has 0 saturated carbocycles. The average Bonchev–Trinajstić information content (AvgIpc) is 2.69. The summed E-state index contributed by atoms with van der Waals surface area (Å²) in [7, 11) is 3.17. The second-order valence-electron chi connectivity index (χ2n) is 5.77. The molecule has 144 valence electrons. The van der Waals surface area contributed by atoms with Crippen molar-refractivity contribution in [2.24, 2.45) is 0 Å². The van der Waals surface area contributed by atoms with E-state index in [0.717, 1.165) is 10.0 Å². The van der Waals surface area contributed by atoms with Gasteiger partial charge in [0.1, 0.15) is 0 Å². The van der Waals surface area contributed by atoms with Gasteiger partial charge in [0.05, 0.1) is 14.2 Å². The van der Waals surface area contributed by atoms with Gasteiger partial charge in [-0.25, -0.2) is 0 Å². The quantitative estimate of drug-likeness (QED) is 0.635. The summed E-state index contributed by atoms with van der Waals surface area (Å²) in [5.74, 6) is 0.995. The molecule has 0 aliphatic rings. The number of methoxy groups -OCH3 is 2. The Kier molecular flexibility index (Phi) is 8.13. The lowest BCUT2D eigenvalue weighted by atomic mass is 10.1. The maximum Gasteiger partial charge on any atom is 0.251 e. The van der Waals surface area contributed by atoms with Gasteiger partial charge in [-0.05, 0) is 36.2 Å². The first kappa shape index (κ1) is 20.8. The number of halogens is 1. The predicted octanol–water partition coefficient (Wildman–Crippen LogP) is 2.95. The van der Waals surface area contributed by atoms with Crippen LogP contribution in [0.5, 0.6) is 11.5 Å². The molecule has 0 aromatic heterocycles. The first-order valence-electron chi connectivity index (χ1n) is 8.55. The highest BCUT2D eigenvalue weighted by Crippen LogP contribution is 2.33. The Bertz CT molecular complexity index is 781. The number of benzene rings is 2. The van der Waals surface area contributed by atoms with Crippen LogP contribution in [-0.2, 0) is 11.2 Å².